The summed E-state index contributed by atoms with van der Waals surface area (Å²) in [4.78, 5) is 2.19. The molecule has 0 spiro atoms. The van der Waals surface area contributed by atoms with Gasteiger partial charge >= 0.3 is 0 Å². The molecule has 10 heavy (non-hydrogen) atoms. The number of ether oxygens (including phenoxy) is 1. The van der Waals surface area contributed by atoms with E-state index in [0.29, 0.717) is 6.04 Å². The molecular weight excluding hydrogens is 128 g/mol. The fourth-order valence-electron chi connectivity index (χ4n) is 1.02. The van der Waals surface area contributed by atoms with Gasteiger partial charge in [-0.1, -0.05) is 0 Å². The Morgan fingerprint density at radius 3 is 3.00 bits per heavy atom. The third-order valence-corrected chi connectivity index (χ3v) is 1.84. The summed E-state index contributed by atoms with van der Waals surface area (Å²) < 4.78 is 5.36. The first kappa shape index (κ1) is 7.98. The first-order chi connectivity index (χ1) is 4.80. The van der Waals surface area contributed by atoms with Crippen LogP contribution in [0.25, 0.3) is 0 Å². The number of nitrogens with zero attached hydrogens (tertiary/aromatic N) is 1. The van der Waals surface area contributed by atoms with E-state index >= 15 is 0 Å². The Morgan fingerprint density at radius 2 is 2.30 bits per heavy atom. The van der Waals surface area contributed by atoms with Crippen molar-refractivity contribution >= 4 is 0 Å². The van der Waals surface area contributed by atoms with Gasteiger partial charge in [-0.15, -0.1) is 0 Å². The Kier molecular flexibility index (Phi) is 3.12. The van der Waals surface area contributed by atoms with Gasteiger partial charge in [0.05, 0.1) is 13.2 Å². The maximum absolute atomic E-state index is 5.36. The van der Waals surface area contributed by atoms with Crippen LogP contribution < -0.4 is 5.32 Å². The van der Waals surface area contributed by atoms with E-state index in [2.05, 4.69) is 24.3 Å². The van der Waals surface area contributed by atoms with E-state index in [9.17, 15) is 0 Å². The number of rotatable bonds is 1. The highest BCUT2D eigenvalue weighted by atomic mass is 16.5. The summed E-state index contributed by atoms with van der Waals surface area (Å²) in [7, 11) is 4.17. The van der Waals surface area contributed by atoms with Gasteiger partial charge < -0.3 is 15.0 Å². The summed E-state index contributed by atoms with van der Waals surface area (Å²) in [5, 5.41) is 3.31. The first-order valence-electron chi connectivity index (χ1n) is 3.75. The minimum Gasteiger partial charge on any atom is -0.378 e. The van der Waals surface area contributed by atoms with E-state index in [1.165, 1.54) is 0 Å². The second-order valence-electron chi connectivity index (χ2n) is 2.90. The highest BCUT2D eigenvalue weighted by molar-refractivity contribution is 4.70. The lowest BCUT2D eigenvalue weighted by atomic mass is 10.3. The Bertz CT molecular complexity index is 87.6. The fourth-order valence-corrected chi connectivity index (χ4v) is 1.02. The van der Waals surface area contributed by atoms with Gasteiger partial charge in [0, 0.05) is 19.1 Å². The normalized spacial score (nSPS) is 28.5. The lowest BCUT2D eigenvalue weighted by Crippen LogP contribution is -2.38. The van der Waals surface area contributed by atoms with Gasteiger partial charge in [-0.3, -0.25) is 0 Å². The zero-order chi connectivity index (χ0) is 7.40. The van der Waals surface area contributed by atoms with Gasteiger partial charge in [0.1, 0.15) is 0 Å². The SMILES string of the molecule is CN(C)C1CNCCOC1. The zero-order valence-corrected chi connectivity index (χ0v) is 6.76. The molecule has 0 aromatic carbocycles. The highest BCUT2D eigenvalue weighted by Crippen LogP contribution is 1.95. The van der Waals surface area contributed by atoms with Crippen LogP contribution in [0, 0.1) is 0 Å². The largest absolute Gasteiger partial charge is 0.378 e. The van der Waals surface area contributed by atoms with Crippen LogP contribution in [0.4, 0.5) is 0 Å². The topological polar surface area (TPSA) is 24.5 Å². The average molecular weight is 144 g/mol. The quantitative estimate of drug-likeness (QED) is 0.539. The van der Waals surface area contributed by atoms with E-state index < -0.39 is 0 Å². The number of likely N-dealkylation sites (N-methyl/N-ethyl adjacent to an activating group) is 1. The molecule has 1 atom stereocenters. The smallest absolute Gasteiger partial charge is 0.0634 e. The molecule has 0 aromatic rings. The van der Waals surface area contributed by atoms with E-state index in [4.69, 9.17) is 4.74 Å². The van der Waals surface area contributed by atoms with E-state index in [1.54, 1.807) is 0 Å². The molecule has 3 heteroatoms. The molecule has 1 fully saturated rings. The molecule has 1 rings (SSSR count). The lowest BCUT2D eigenvalue weighted by molar-refractivity contribution is 0.103. The molecule has 0 radical (unpaired) electrons. The molecule has 60 valence electrons. The third kappa shape index (κ3) is 2.25. The molecule has 1 aliphatic rings. The summed E-state index contributed by atoms with van der Waals surface area (Å²) in [6, 6.07) is 0.544. The molecule has 1 aliphatic heterocycles. The van der Waals surface area contributed by atoms with Crippen LogP contribution in [0.1, 0.15) is 0 Å². The van der Waals surface area contributed by atoms with Crippen molar-refractivity contribution in [2.75, 3.05) is 40.4 Å². The van der Waals surface area contributed by atoms with Gasteiger partial charge in [-0.2, -0.15) is 0 Å². The van der Waals surface area contributed by atoms with Crippen molar-refractivity contribution in [2.45, 2.75) is 6.04 Å². The van der Waals surface area contributed by atoms with Crippen molar-refractivity contribution in [3.63, 3.8) is 0 Å². The number of hydrogen-bond donors (Lipinski definition) is 1. The van der Waals surface area contributed by atoms with Crippen LogP contribution in [0.15, 0.2) is 0 Å². The highest BCUT2D eigenvalue weighted by Gasteiger charge is 2.12. The monoisotopic (exact) mass is 144 g/mol. The minimum atomic E-state index is 0.544. The summed E-state index contributed by atoms with van der Waals surface area (Å²) in [5.74, 6) is 0. The van der Waals surface area contributed by atoms with Crippen molar-refractivity contribution < 1.29 is 4.74 Å². The van der Waals surface area contributed by atoms with Crippen LogP contribution in [-0.4, -0.2) is 51.3 Å². The zero-order valence-electron chi connectivity index (χ0n) is 6.76. The summed E-state index contributed by atoms with van der Waals surface area (Å²) in [5.41, 5.74) is 0. The van der Waals surface area contributed by atoms with Gasteiger partial charge in [0.2, 0.25) is 0 Å². The van der Waals surface area contributed by atoms with Crippen molar-refractivity contribution in [3.05, 3.63) is 0 Å². The second-order valence-corrected chi connectivity index (χ2v) is 2.90. The van der Waals surface area contributed by atoms with Crippen LogP contribution in [0.5, 0.6) is 0 Å². The molecular formula is C7H16N2O. The average Bonchev–Trinajstić information content (AvgIpc) is 2.12. The van der Waals surface area contributed by atoms with Gasteiger partial charge in [-0.25, -0.2) is 0 Å². The van der Waals surface area contributed by atoms with E-state index in [1.807, 2.05) is 0 Å². The molecule has 0 aromatic heterocycles. The Labute approximate surface area is 62.3 Å². The number of nitrogens with one attached hydrogen (secondary N) is 1. The predicted molar refractivity (Wildman–Crippen MR) is 41.2 cm³/mol. The molecule has 0 aliphatic carbocycles. The predicted octanol–water partition coefficient (Wildman–Crippen LogP) is -0.464. The summed E-state index contributed by atoms with van der Waals surface area (Å²) >= 11 is 0. The van der Waals surface area contributed by atoms with Crippen LogP contribution in [-0.2, 0) is 4.74 Å². The molecule has 1 saturated heterocycles. The van der Waals surface area contributed by atoms with Gasteiger partial charge in [-0.05, 0) is 14.1 Å². The van der Waals surface area contributed by atoms with Crippen molar-refractivity contribution in [1.82, 2.24) is 10.2 Å². The summed E-state index contributed by atoms with van der Waals surface area (Å²) in [6.45, 7) is 3.75. The van der Waals surface area contributed by atoms with Gasteiger partial charge in [0.15, 0.2) is 0 Å². The standard InChI is InChI=1S/C7H16N2O/c1-9(2)7-5-8-3-4-10-6-7/h7-8H,3-6H2,1-2H3. The molecule has 0 saturated carbocycles. The van der Waals surface area contributed by atoms with Crippen LogP contribution >= 0.6 is 0 Å². The second kappa shape index (κ2) is 3.91. The van der Waals surface area contributed by atoms with Crippen molar-refractivity contribution in [3.8, 4) is 0 Å². The third-order valence-electron chi connectivity index (χ3n) is 1.84. The molecule has 0 amide bonds. The summed E-state index contributed by atoms with van der Waals surface area (Å²) in [6.07, 6.45) is 0. The lowest BCUT2D eigenvalue weighted by Gasteiger charge is -2.21. The Balaban J connectivity index is 2.28. The molecule has 3 nitrogen and oxygen atoms in total. The first-order valence-corrected chi connectivity index (χ1v) is 3.75. The van der Waals surface area contributed by atoms with Crippen LogP contribution in [0.3, 0.4) is 0 Å². The van der Waals surface area contributed by atoms with E-state index in [0.717, 1.165) is 26.3 Å². The number of hydrogen-bond acceptors (Lipinski definition) is 3. The minimum absolute atomic E-state index is 0.544. The van der Waals surface area contributed by atoms with Crippen molar-refractivity contribution in [2.24, 2.45) is 0 Å². The van der Waals surface area contributed by atoms with Crippen molar-refractivity contribution in [1.29, 1.82) is 0 Å². The molecule has 1 N–H and O–H groups in total. The molecule has 1 heterocycles. The Morgan fingerprint density at radius 1 is 1.50 bits per heavy atom. The van der Waals surface area contributed by atoms with Gasteiger partial charge in [0.25, 0.3) is 0 Å². The molecule has 0 bridgehead atoms. The Hall–Kier alpha value is -0.120. The molecule has 1 unspecified atom stereocenters. The fraction of sp³-hybridized carbons (Fsp3) is 1.00. The van der Waals surface area contributed by atoms with Crippen LogP contribution in [0.2, 0.25) is 0 Å². The van der Waals surface area contributed by atoms with E-state index in [-0.39, 0.29) is 0 Å². The maximum Gasteiger partial charge on any atom is 0.0634 e. The maximum atomic E-state index is 5.36.